The molecule has 0 radical (unpaired) electrons. The van der Waals surface area contributed by atoms with Crippen LogP contribution in [-0.2, 0) is 4.79 Å². The van der Waals surface area contributed by atoms with Crippen LogP contribution < -0.4 is 10.6 Å². The molecule has 0 fully saturated rings. The van der Waals surface area contributed by atoms with Crippen LogP contribution in [0.2, 0.25) is 0 Å². The van der Waals surface area contributed by atoms with Crippen LogP contribution in [0.3, 0.4) is 0 Å². The number of hydrogen-bond donors (Lipinski definition) is 2. The molecule has 0 saturated heterocycles. The highest BCUT2D eigenvalue weighted by molar-refractivity contribution is 7.13. The first-order valence-electron chi connectivity index (χ1n) is 5.54. The molecule has 0 bridgehead atoms. The molecule has 17 heavy (non-hydrogen) atoms. The zero-order valence-corrected chi connectivity index (χ0v) is 10.7. The first kappa shape index (κ1) is 12.0. The van der Waals surface area contributed by atoms with Gasteiger partial charge in [-0.25, -0.2) is 0 Å². The number of nitrogens with zero attached hydrogens (tertiary/aromatic N) is 1. The van der Waals surface area contributed by atoms with Gasteiger partial charge in [0.15, 0.2) is 5.82 Å². The van der Waals surface area contributed by atoms with Crippen molar-refractivity contribution in [2.45, 2.75) is 19.9 Å². The summed E-state index contributed by atoms with van der Waals surface area (Å²) in [5.41, 5.74) is 0. The molecular formula is C12H15N3OS. The van der Waals surface area contributed by atoms with Crippen molar-refractivity contribution in [1.29, 1.82) is 0 Å². The molecule has 0 unspecified atom stereocenters. The Hall–Kier alpha value is -1.46. The van der Waals surface area contributed by atoms with Gasteiger partial charge >= 0.3 is 0 Å². The lowest BCUT2D eigenvalue weighted by Gasteiger charge is -2.07. The van der Waals surface area contributed by atoms with Crippen molar-refractivity contribution in [3.63, 3.8) is 0 Å². The largest absolute Gasteiger partial charge is 0.308 e. The van der Waals surface area contributed by atoms with Crippen LogP contribution in [0.5, 0.6) is 0 Å². The van der Waals surface area contributed by atoms with E-state index < -0.39 is 0 Å². The number of anilines is 1. The normalized spacial score (nSPS) is 11.0. The molecule has 1 aromatic carbocycles. The summed E-state index contributed by atoms with van der Waals surface area (Å²) in [6, 6.07) is 8.16. The first-order chi connectivity index (χ1) is 8.16. The summed E-state index contributed by atoms with van der Waals surface area (Å²) < 4.78 is 5.33. The minimum atomic E-state index is -0.0604. The van der Waals surface area contributed by atoms with Gasteiger partial charge in [-0.2, -0.15) is 4.37 Å². The zero-order valence-electron chi connectivity index (χ0n) is 9.86. The molecule has 0 spiro atoms. The van der Waals surface area contributed by atoms with Gasteiger partial charge < -0.3 is 10.6 Å². The fourth-order valence-corrected chi connectivity index (χ4v) is 2.19. The van der Waals surface area contributed by atoms with Gasteiger partial charge in [0.2, 0.25) is 5.91 Å². The molecule has 0 aliphatic heterocycles. The van der Waals surface area contributed by atoms with E-state index in [9.17, 15) is 4.79 Å². The summed E-state index contributed by atoms with van der Waals surface area (Å²) >= 11 is 1.40. The highest BCUT2D eigenvalue weighted by Gasteiger charge is 2.09. The molecule has 5 heteroatoms. The van der Waals surface area contributed by atoms with Crippen LogP contribution in [0.25, 0.3) is 10.1 Å². The van der Waals surface area contributed by atoms with Crippen molar-refractivity contribution in [3.05, 3.63) is 24.3 Å². The summed E-state index contributed by atoms with van der Waals surface area (Å²) in [5.74, 6) is 0.593. The summed E-state index contributed by atoms with van der Waals surface area (Å²) in [7, 11) is 0. The van der Waals surface area contributed by atoms with Gasteiger partial charge in [0.25, 0.3) is 0 Å². The van der Waals surface area contributed by atoms with Crippen molar-refractivity contribution in [2.75, 3.05) is 11.9 Å². The third kappa shape index (κ3) is 3.01. The number of aromatic nitrogens is 1. The number of fused-ring (bicyclic) bond motifs is 1. The predicted octanol–water partition coefficient (Wildman–Crippen LogP) is 2.23. The van der Waals surface area contributed by atoms with Crippen molar-refractivity contribution in [1.82, 2.24) is 9.69 Å². The third-order valence-corrected chi connectivity index (χ3v) is 3.13. The minimum Gasteiger partial charge on any atom is -0.308 e. The molecule has 1 aromatic heterocycles. The highest BCUT2D eigenvalue weighted by atomic mass is 32.1. The Labute approximate surface area is 104 Å². The quantitative estimate of drug-likeness (QED) is 0.873. The fourth-order valence-electron chi connectivity index (χ4n) is 1.45. The SMILES string of the molecule is CC(C)NCC(=O)Nc1nsc2ccccc12. The topological polar surface area (TPSA) is 54.0 Å². The Morgan fingerprint density at radius 1 is 1.41 bits per heavy atom. The average Bonchev–Trinajstić information content (AvgIpc) is 2.70. The highest BCUT2D eigenvalue weighted by Crippen LogP contribution is 2.25. The van der Waals surface area contributed by atoms with Gasteiger partial charge in [0.1, 0.15) is 0 Å². The van der Waals surface area contributed by atoms with E-state index in [4.69, 9.17) is 0 Å². The first-order valence-corrected chi connectivity index (χ1v) is 6.32. The summed E-state index contributed by atoms with van der Waals surface area (Å²) in [6.07, 6.45) is 0. The standard InChI is InChI=1S/C12H15N3OS/c1-8(2)13-7-11(16)14-12-9-5-3-4-6-10(9)17-15-12/h3-6,8,13H,7H2,1-2H3,(H,14,15,16). The van der Waals surface area contributed by atoms with Gasteiger partial charge in [0, 0.05) is 11.4 Å². The van der Waals surface area contributed by atoms with Crippen molar-refractivity contribution < 1.29 is 4.79 Å². The maximum absolute atomic E-state index is 11.6. The monoisotopic (exact) mass is 249 g/mol. The Kier molecular flexibility index (Phi) is 3.71. The molecule has 1 amide bonds. The summed E-state index contributed by atoms with van der Waals surface area (Å²) in [4.78, 5) is 11.6. The van der Waals surface area contributed by atoms with Gasteiger partial charge in [-0.05, 0) is 23.7 Å². The van der Waals surface area contributed by atoms with E-state index in [1.54, 1.807) is 0 Å². The van der Waals surface area contributed by atoms with E-state index in [0.717, 1.165) is 10.1 Å². The number of nitrogens with one attached hydrogen (secondary N) is 2. The Morgan fingerprint density at radius 2 is 2.18 bits per heavy atom. The van der Waals surface area contributed by atoms with E-state index in [0.29, 0.717) is 18.4 Å². The zero-order chi connectivity index (χ0) is 12.3. The van der Waals surface area contributed by atoms with E-state index in [2.05, 4.69) is 15.0 Å². The second-order valence-electron chi connectivity index (χ2n) is 4.11. The predicted molar refractivity (Wildman–Crippen MR) is 71.4 cm³/mol. The molecule has 90 valence electrons. The molecule has 0 aliphatic rings. The number of rotatable bonds is 4. The molecule has 1 heterocycles. The number of carbonyl (C=O) groups excluding carboxylic acids is 1. The van der Waals surface area contributed by atoms with Gasteiger partial charge in [0.05, 0.1) is 11.2 Å². The Balaban J connectivity index is 2.06. The minimum absolute atomic E-state index is 0.0604. The summed E-state index contributed by atoms with van der Waals surface area (Å²) in [6.45, 7) is 4.32. The van der Waals surface area contributed by atoms with Gasteiger partial charge in [-0.1, -0.05) is 26.0 Å². The van der Waals surface area contributed by atoms with E-state index >= 15 is 0 Å². The molecule has 0 aliphatic carbocycles. The molecule has 4 nitrogen and oxygen atoms in total. The molecule has 0 saturated carbocycles. The van der Waals surface area contributed by atoms with Crippen LogP contribution in [-0.4, -0.2) is 22.9 Å². The smallest absolute Gasteiger partial charge is 0.239 e. The molecule has 0 atom stereocenters. The van der Waals surface area contributed by atoms with Crippen LogP contribution >= 0.6 is 11.5 Å². The molecule has 2 aromatic rings. The average molecular weight is 249 g/mol. The van der Waals surface area contributed by atoms with Crippen LogP contribution in [0.4, 0.5) is 5.82 Å². The van der Waals surface area contributed by atoms with Crippen LogP contribution in [0.1, 0.15) is 13.8 Å². The maximum Gasteiger partial charge on any atom is 0.239 e. The number of hydrogen-bond acceptors (Lipinski definition) is 4. The third-order valence-electron chi connectivity index (χ3n) is 2.31. The second-order valence-corrected chi connectivity index (χ2v) is 4.92. The number of amides is 1. The van der Waals surface area contributed by atoms with Gasteiger partial charge in [-0.15, -0.1) is 0 Å². The second kappa shape index (κ2) is 5.25. The van der Waals surface area contributed by atoms with Crippen LogP contribution in [0.15, 0.2) is 24.3 Å². The Bertz CT molecular complexity index is 521. The molecule has 2 N–H and O–H groups in total. The van der Waals surface area contributed by atoms with Crippen molar-refractivity contribution >= 4 is 33.3 Å². The Morgan fingerprint density at radius 3 is 2.94 bits per heavy atom. The molecule has 2 rings (SSSR count). The van der Waals surface area contributed by atoms with E-state index in [1.807, 2.05) is 38.1 Å². The van der Waals surface area contributed by atoms with Crippen LogP contribution in [0, 0.1) is 0 Å². The van der Waals surface area contributed by atoms with Gasteiger partial charge in [-0.3, -0.25) is 4.79 Å². The lowest BCUT2D eigenvalue weighted by molar-refractivity contribution is -0.115. The number of benzene rings is 1. The summed E-state index contributed by atoms with van der Waals surface area (Å²) in [5, 5.41) is 6.88. The van der Waals surface area contributed by atoms with E-state index in [1.165, 1.54) is 11.5 Å². The molecular weight excluding hydrogens is 234 g/mol. The van der Waals surface area contributed by atoms with Crippen molar-refractivity contribution in [3.8, 4) is 0 Å². The lowest BCUT2D eigenvalue weighted by atomic mass is 10.2. The maximum atomic E-state index is 11.6. The fraction of sp³-hybridized carbons (Fsp3) is 0.333. The van der Waals surface area contributed by atoms with E-state index in [-0.39, 0.29) is 5.91 Å². The lowest BCUT2D eigenvalue weighted by Crippen LogP contribution is -2.32. The number of carbonyl (C=O) groups is 1. The van der Waals surface area contributed by atoms with Crippen molar-refractivity contribution in [2.24, 2.45) is 0 Å².